The molecule has 0 unspecified atom stereocenters. The Morgan fingerprint density at radius 3 is 2.85 bits per heavy atom. The zero-order valence-corrected chi connectivity index (χ0v) is 8.99. The normalized spacial score (nSPS) is 11.4. The van der Waals surface area contributed by atoms with Crippen LogP contribution in [0.25, 0.3) is 10.2 Å². The van der Waals surface area contributed by atoms with Gasteiger partial charge in [-0.15, -0.1) is 11.3 Å². The van der Waals surface area contributed by atoms with Crippen molar-refractivity contribution in [1.82, 2.24) is 9.97 Å². The molecule has 0 amide bonds. The van der Waals surface area contributed by atoms with Gasteiger partial charge in [0.05, 0.1) is 5.02 Å². The summed E-state index contributed by atoms with van der Waals surface area (Å²) in [7, 11) is 0. The van der Waals surface area contributed by atoms with Gasteiger partial charge in [-0.05, 0) is 5.92 Å². The molecule has 2 rings (SSSR count). The van der Waals surface area contributed by atoms with Crippen LogP contribution in [0, 0.1) is 0 Å². The first kappa shape index (κ1) is 8.91. The summed E-state index contributed by atoms with van der Waals surface area (Å²) in [5.74, 6) is 0.451. The van der Waals surface area contributed by atoms with E-state index >= 15 is 0 Å². The van der Waals surface area contributed by atoms with E-state index in [1.165, 1.54) is 4.88 Å². The van der Waals surface area contributed by atoms with Crippen molar-refractivity contribution in [3.63, 3.8) is 0 Å². The fraction of sp³-hybridized carbons (Fsp3) is 0.333. The number of aromatic nitrogens is 2. The van der Waals surface area contributed by atoms with Gasteiger partial charge in [-0.2, -0.15) is 0 Å². The Hall–Kier alpha value is -0.670. The van der Waals surface area contributed by atoms with Crippen molar-refractivity contribution in [3.05, 3.63) is 22.4 Å². The van der Waals surface area contributed by atoms with Crippen molar-refractivity contribution >= 4 is 33.2 Å². The molecule has 0 aliphatic rings. The van der Waals surface area contributed by atoms with E-state index in [1.54, 1.807) is 23.9 Å². The van der Waals surface area contributed by atoms with Crippen molar-refractivity contribution < 1.29 is 0 Å². The number of rotatable bonds is 1. The third-order valence-corrected chi connectivity index (χ3v) is 3.79. The first-order valence-corrected chi connectivity index (χ1v) is 5.27. The van der Waals surface area contributed by atoms with E-state index in [-0.39, 0.29) is 0 Å². The lowest BCUT2D eigenvalue weighted by Crippen LogP contribution is -1.80. The summed E-state index contributed by atoms with van der Waals surface area (Å²) in [4.78, 5) is 10.3. The summed E-state index contributed by atoms with van der Waals surface area (Å²) in [5.41, 5.74) is 0. The van der Waals surface area contributed by atoms with E-state index < -0.39 is 0 Å². The summed E-state index contributed by atoms with van der Waals surface area (Å²) in [6.45, 7) is 4.26. The quantitative estimate of drug-likeness (QED) is 0.724. The molecule has 0 radical (unpaired) electrons. The Bertz CT molecular complexity index is 436. The van der Waals surface area contributed by atoms with Gasteiger partial charge >= 0.3 is 0 Å². The molecular weight excluding hydrogens is 204 g/mol. The van der Waals surface area contributed by atoms with Gasteiger partial charge < -0.3 is 0 Å². The summed E-state index contributed by atoms with van der Waals surface area (Å²) < 4.78 is 0. The minimum atomic E-state index is 0.451. The lowest BCUT2D eigenvalue weighted by molar-refractivity contribution is 0.891. The van der Waals surface area contributed by atoms with Gasteiger partial charge in [0.1, 0.15) is 11.2 Å². The molecule has 0 aliphatic heterocycles. The first-order chi connectivity index (χ1) is 6.20. The molecule has 2 aromatic heterocycles. The maximum atomic E-state index is 6.18. The molecule has 0 fully saturated rings. The molecule has 0 spiro atoms. The second-order valence-corrected chi connectivity index (χ2v) is 4.59. The maximum absolute atomic E-state index is 6.18. The Kier molecular flexibility index (Phi) is 2.22. The van der Waals surface area contributed by atoms with Crippen LogP contribution < -0.4 is 0 Å². The second kappa shape index (κ2) is 3.24. The van der Waals surface area contributed by atoms with Crippen LogP contribution in [0.4, 0.5) is 0 Å². The molecule has 2 aromatic rings. The second-order valence-electron chi connectivity index (χ2n) is 3.18. The summed E-state index contributed by atoms with van der Waals surface area (Å²) in [5, 5.41) is 1.79. The lowest BCUT2D eigenvalue weighted by atomic mass is 10.2. The van der Waals surface area contributed by atoms with Crippen molar-refractivity contribution in [3.8, 4) is 0 Å². The molecular formula is C9H9ClN2S. The molecule has 13 heavy (non-hydrogen) atoms. The minimum absolute atomic E-state index is 0.451. The topological polar surface area (TPSA) is 25.8 Å². The Balaban J connectivity index is 2.74. The zero-order valence-electron chi connectivity index (χ0n) is 7.41. The summed E-state index contributed by atoms with van der Waals surface area (Å²) in [6.07, 6.45) is 3.33. The average Bonchev–Trinajstić information content (AvgIpc) is 2.45. The predicted octanol–water partition coefficient (Wildman–Crippen LogP) is 3.47. The first-order valence-electron chi connectivity index (χ1n) is 4.08. The standard InChI is InChI=1S/C9H9ClN2S/c1-5(2)8-7(10)6-3-11-4-12-9(6)13-8/h3-5H,1-2H3. The molecule has 0 bridgehead atoms. The molecule has 2 heterocycles. The molecule has 68 valence electrons. The van der Waals surface area contributed by atoms with E-state index in [9.17, 15) is 0 Å². The SMILES string of the molecule is CC(C)c1sc2ncncc2c1Cl. The molecule has 0 N–H and O–H groups in total. The van der Waals surface area contributed by atoms with Gasteiger partial charge in [0.25, 0.3) is 0 Å². The Morgan fingerprint density at radius 2 is 2.23 bits per heavy atom. The van der Waals surface area contributed by atoms with Gasteiger partial charge in [0.15, 0.2) is 0 Å². The number of hydrogen-bond acceptors (Lipinski definition) is 3. The molecule has 0 aromatic carbocycles. The van der Waals surface area contributed by atoms with Crippen molar-refractivity contribution in [1.29, 1.82) is 0 Å². The molecule has 0 atom stereocenters. The number of halogens is 1. The van der Waals surface area contributed by atoms with E-state index in [0.717, 1.165) is 15.2 Å². The third kappa shape index (κ3) is 1.42. The van der Waals surface area contributed by atoms with E-state index in [4.69, 9.17) is 11.6 Å². The van der Waals surface area contributed by atoms with E-state index in [1.807, 2.05) is 0 Å². The van der Waals surface area contributed by atoms with Gasteiger partial charge in [-0.1, -0.05) is 25.4 Å². The maximum Gasteiger partial charge on any atom is 0.128 e. The van der Waals surface area contributed by atoms with Crippen LogP contribution in [0.15, 0.2) is 12.5 Å². The molecule has 2 nitrogen and oxygen atoms in total. The summed E-state index contributed by atoms with van der Waals surface area (Å²) in [6, 6.07) is 0. The van der Waals surface area contributed by atoms with E-state index in [2.05, 4.69) is 23.8 Å². The number of fused-ring (bicyclic) bond motifs is 1. The third-order valence-electron chi connectivity index (χ3n) is 1.86. The highest BCUT2D eigenvalue weighted by molar-refractivity contribution is 7.19. The number of nitrogens with zero attached hydrogens (tertiary/aromatic N) is 2. The average molecular weight is 213 g/mol. The monoisotopic (exact) mass is 212 g/mol. The zero-order chi connectivity index (χ0) is 9.42. The van der Waals surface area contributed by atoms with Crippen LogP contribution in [-0.2, 0) is 0 Å². The smallest absolute Gasteiger partial charge is 0.128 e. The molecule has 4 heteroatoms. The van der Waals surface area contributed by atoms with E-state index in [0.29, 0.717) is 5.92 Å². The van der Waals surface area contributed by atoms with Crippen molar-refractivity contribution in [2.75, 3.05) is 0 Å². The number of thiophene rings is 1. The minimum Gasteiger partial charge on any atom is -0.244 e. The van der Waals surface area contributed by atoms with Crippen molar-refractivity contribution in [2.24, 2.45) is 0 Å². The number of hydrogen-bond donors (Lipinski definition) is 0. The largest absolute Gasteiger partial charge is 0.244 e. The van der Waals surface area contributed by atoms with Gasteiger partial charge in [0, 0.05) is 16.5 Å². The fourth-order valence-electron chi connectivity index (χ4n) is 1.20. The predicted molar refractivity (Wildman–Crippen MR) is 56.5 cm³/mol. The molecule has 0 aliphatic carbocycles. The lowest BCUT2D eigenvalue weighted by Gasteiger charge is -1.99. The van der Waals surface area contributed by atoms with Gasteiger partial charge in [-0.3, -0.25) is 0 Å². The highest BCUT2D eigenvalue weighted by Gasteiger charge is 2.13. The van der Waals surface area contributed by atoms with Gasteiger partial charge in [-0.25, -0.2) is 9.97 Å². The highest BCUT2D eigenvalue weighted by Crippen LogP contribution is 2.37. The highest BCUT2D eigenvalue weighted by atomic mass is 35.5. The Labute approximate surface area is 85.6 Å². The fourth-order valence-corrected chi connectivity index (χ4v) is 2.74. The van der Waals surface area contributed by atoms with Crippen LogP contribution in [-0.4, -0.2) is 9.97 Å². The van der Waals surface area contributed by atoms with Crippen LogP contribution in [0.5, 0.6) is 0 Å². The van der Waals surface area contributed by atoms with Gasteiger partial charge in [0.2, 0.25) is 0 Å². The summed E-state index contributed by atoms with van der Waals surface area (Å²) >= 11 is 7.83. The Morgan fingerprint density at radius 1 is 1.46 bits per heavy atom. The molecule has 0 saturated heterocycles. The van der Waals surface area contributed by atoms with Crippen LogP contribution in [0.1, 0.15) is 24.6 Å². The van der Waals surface area contributed by atoms with Crippen LogP contribution >= 0.6 is 22.9 Å². The van der Waals surface area contributed by atoms with Crippen LogP contribution in [0.2, 0.25) is 5.02 Å². The van der Waals surface area contributed by atoms with Crippen molar-refractivity contribution in [2.45, 2.75) is 19.8 Å². The van der Waals surface area contributed by atoms with Crippen LogP contribution in [0.3, 0.4) is 0 Å². The molecule has 0 saturated carbocycles.